The van der Waals surface area contributed by atoms with Crippen LogP contribution in [0.5, 0.6) is 11.5 Å². The second-order valence-corrected chi connectivity index (χ2v) is 3.85. The number of aromatic hydroxyl groups is 1. The first-order valence-corrected chi connectivity index (χ1v) is 5.26. The largest absolute Gasteiger partial charge is 0.503 e. The molecule has 0 spiro atoms. The van der Waals surface area contributed by atoms with E-state index in [9.17, 15) is 9.90 Å². The molecule has 0 saturated carbocycles. The fraction of sp³-hybridized carbons (Fsp3) is 0.364. The molecule has 0 bridgehead atoms. The van der Waals surface area contributed by atoms with E-state index in [1.807, 2.05) is 0 Å². The Morgan fingerprint density at radius 3 is 2.71 bits per heavy atom. The molecule has 1 aromatic carbocycles. The average Bonchev–Trinajstić information content (AvgIpc) is 2.32. The van der Waals surface area contributed by atoms with E-state index in [1.54, 1.807) is 0 Å². The Bertz CT molecular complexity index is 422. The summed E-state index contributed by atoms with van der Waals surface area (Å²) >= 11 is 5.81. The number of carbonyl (C=O) groups excluding carboxylic acids is 1. The molecule has 3 N–H and O–H groups in total. The van der Waals surface area contributed by atoms with E-state index < -0.39 is 12.0 Å². The quantitative estimate of drug-likeness (QED) is 0.803. The molecule has 1 aromatic rings. The Hall–Kier alpha value is -1.46. The van der Waals surface area contributed by atoms with Gasteiger partial charge in [0.15, 0.2) is 11.5 Å². The van der Waals surface area contributed by atoms with Crippen molar-refractivity contribution in [1.82, 2.24) is 0 Å². The van der Waals surface area contributed by atoms with Gasteiger partial charge in [0.1, 0.15) is 0 Å². The standard InChI is InChI=1S/C11H14ClNO4/c1-16-9-4-6(3-7(12)11(9)15)8(13)5-10(14)17-2/h3-4,8,15H,5,13H2,1-2H3/t8-/m0/s1. The molecular formula is C11H14ClNO4. The van der Waals surface area contributed by atoms with Crippen molar-refractivity contribution in [3.63, 3.8) is 0 Å². The molecule has 0 aromatic heterocycles. The summed E-state index contributed by atoms with van der Waals surface area (Å²) in [4.78, 5) is 11.1. The third-order valence-corrected chi connectivity index (χ3v) is 2.60. The maximum atomic E-state index is 11.1. The molecule has 94 valence electrons. The van der Waals surface area contributed by atoms with Gasteiger partial charge in [0.25, 0.3) is 0 Å². The molecule has 17 heavy (non-hydrogen) atoms. The molecule has 1 atom stereocenters. The first-order valence-electron chi connectivity index (χ1n) is 4.88. The monoisotopic (exact) mass is 259 g/mol. The third-order valence-electron chi connectivity index (χ3n) is 2.31. The molecule has 0 fully saturated rings. The molecule has 0 heterocycles. The molecule has 0 saturated heterocycles. The van der Waals surface area contributed by atoms with E-state index in [2.05, 4.69) is 4.74 Å². The molecule has 1 rings (SSSR count). The predicted octanol–water partition coefficient (Wildman–Crippen LogP) is 1.62. The van der Waals surface area contributed by atoms with Crippen LogP contribution in [-0.4, -0.2) is 25.3 Å². The molecule has 0 amide bonds. The molecule has 0 aliphatic carbocycles. The minimum atomic E-state index is -0.561. The van der Waals surface area contributed by atoms with Gasteiger partial charge in [-0.1, -0.05) is 11.6 Å². The summed E-state index contributed by atoms with van der Waals surface area (Å²) in [5, 5.41) is 9.67. The smallest absolute Gasteiger partial charge is 0.307 e. The zero-order chi connectivity index (χ0) is 13.0. The summed E-state index contributed by atoms with van der Waals surface area (Å²) in [6.45, 7) is 0. The van der Waals surface area contributed by atoms with Crippen LogP contribution in [0.2, 0.25) is 5.02 Å². The van der Waals surface area contributed by atoms with E-state index >= 15 is 0 Å². The number of phenolic OH excluding ortho intramolecular Hbond substituents is 1. The minimum absolute atomic E-state index is 0.0285. The maximum absolute atomic E-state index is 11.1. The van der Waals surface area contributed by atoms with Crippen LogP contribution in [0, 0.1) is 0 Å². The molecule has 6 heteroatoms. The fourth-order valence-corrected chi connectivity index (χ4v) is 1.56. The lowest BCUT2D eigenvalue weighted by Crippen LogP contribution is -2.16. The Labute approximate surface area is 104 Å². The number of hydrogen-bond donors (Lipinski definition) is 2. The van der Waals surface area contributed by atoms with Gasteiger partial charge >= 0.3 is 5.97 Å². The number of methoxy groups -OCH3 is 2. The number of benzene rings is 1. The van der Waals surface area contributed by atoms with Crippen LogP contribution in [0.15, 0.2) is 12.1 Å². The number of phenols is 1. The summed E-state index contributed by atoms with van der Waals surface area (Å²) in [7, 11) is 2.69. The van der Waals surface area contributed by atoms with Gasteiger partial charge in [-0.15, -0.1) is 0 Å². The number of hydrogen-bond acceptors (Lipinski definition) is 5. The van der Waals surface area contributed by atoms with Gasteiger partial charge < -0.3 is 20.3 Å². The lowest BCUT2D eigenvalue weighted by molar-refractivity contribution is -0.141. The zero-order valence-electron chi connectivity index (χ0n) is 9.57. The molecule has 0 radical (unpaired) electrons. The van der Waals surface area contributed by atoms with E-state index in [0.717, 1.165) is 0 Å². The van der Waals surface area contributed by atoms with Gasteiger partial charge in [0, 0.05) is 6.04 Å². The second-order valence-electron chi connectivity index (χ2n) is 3.44. The zero-order valence-corrected chi connectivity index (χ0v) is 10.3. The van der Waals surface area contributed by atoms with Crippen molar-refractivity contribution in [2.24, 2.45) is 5.73 Å². The summed E-state index contributed by atoms with van der Waals surface area (Å²) < 4.78 is 9.46. The van der Waals surface area contributed by atoms with Crippen LogP contribution >= 0.6 is 11.6 Å². The van der Waals surface area contributed by atoms with Gasteiger partial charge in [-0.2, -0.15) is 0 Å². The lowest BCUT2D eigenvalue weighted by Gasteiger charge is -2.13. The molecule has 0 aliphatic rings. The van der Waals surface area contributed by atoms with Crippen molar-refractivity contribution in [3.8, 4) is 11.5 Å². The Morgan fingerprint density at radius 2 is 2.18 bits per heavy atom. The Kier molecular flexibility index (Phi) is 4.60. The number of halogens is 1. The molecular weight excluding hydrogens is 246 g/mol. The number of rotatable bonds is 4. The van der Waals surface area contributed by atoms with Gasteiger partial charge in [-0.25, -0.2) is 0 Å². The van der Waals surface area contributed by atoms with Crippen LogP contribution < -0.4 is 10.5 Å². The van der Waals surface area contributed by atoms with Gasteiger partial charge in [0.2, 0.25) is 0 Å². The number of esters is 1. The summed E-state index contributed by atoms with van der Waals surface area (Å²) in [6.07, 6.45) is 0.0285. The normalized spacial score (nSPS) is 12.0. The highest BCUT2D eigenvalue weighted by atomic mass is 35.5. The first kappa shape index (κ1) is 13.6. The third kappa shape index (κ3) is 3.25. The Balaban J connectivity index is 2.98. The average molecular weight is 260 g/mol. The summed E-state index contributed by atoms with van der Waals surface area (Å²) in [5.74, 6) is -0.350. The van der Waals surface area contributed by atoms with Crippen molar-refractivity contribution in [3.05, 3.63) is 22.7 Å². The van der Waals surface area contributed by atoms with Crippen molar-refractivity contribution in [2.75, 3.05) is 14.2 Å². The van der Waals surface area contributed by atoms with Crippen LogP contribution in [0.25, 0.3) is 0 Å². The predicted molar refractivity (Wildman–Crippen MR) is 63.2 cm³/mol. The highest BCUT2D eigenvalue weighted by molar-refractivity contribution is 6.32. The van der Waals surface area contributed by atoms with Crippen molar-refractivity contribution < 1.29 is 19.4 Å². The van der Waals surface area contributed by atoms with E-state index in [1.165, 1.54) is 26.4 Å². The van der Waals surface area contributed by atoms with Crippen LogP contribution in [0.3, 0.4) is 0 Å². The van der Waals surface area contributed by atoms with Crippen molar-refractivity contribution in [2.45, 2.75) is 12.5 Å². The molecule has 0 aliphatic heterocycles. The van der Waals surface area contributed by atoms with Gasteiger partial charge in [-0.05, 0) is 17.7 Å². The van der Waals surface area contributed by atoms with Gasteiger partial charge in [-0.3, -0.25) is 4.79 Å². The number of ether oxygens (including phenoxy) is 2. The molecule has 0 unspecified atom stereocenters. The first-order chi connectivity index (χ1) is 7.99. The van der Waals surface area contributed by atoms with E-state index in [0.29, 0.717) is 5.56 Å². The van der Waals surface area contributed by atoms with Crippen molar-refractivity contribution in [1.29, 1.82) is 0 Å². The van der Waals surface area contributed by atoms with Crippen LogP contribution in [-0.2, 0) is 9.53 Å². The second kappa shape index (κ2) is 5.75. The van der Waals surface area contributed by atoms with Gasteiger partial charge in [0.05, 0.1) is 25.7 Å². The topological polar surface area (TPSA) is 81.8 Å². The highest BCUT2D eigenvalue weighted by Gasteiger charge is 2.16. The number of carbonyl (C=O) groups is 1. The minimum Gasteiger partial charge on any atom is -0.503 e. The number of nitrogens with two attached hydrogens (primary N) is 1. The van der Waals surface area contributed by atoms with Crippen molar-refractivity contribution >= 4 is 17.6 Å². The van der Waals surface area contributed by atoms with E-state index in [4.69, 9.17) is 22.1 Å². The summed E-state index contributed by atoms with van der Waals surface area (Å²) in [6, 6.07) is 2.47. The highest BCUT2D eigenvalue weighted by Crippen LogP contribution is 2.36. The van der Waals surface area contributed by atoms with Crippen LogP contribution in [0.4, 0.5) is 0 Å². The maximum Gasteiger partial charge on any atom is 0.307 e. The van der Waals surface area contributed by atoms with Crippen LogP contribution in [0.1, 0.15) is 18.0 Å². The Morgan fingerprint density at radius 1 is 1.53 bits per heavy atom. The fourth-order valence-electron chi connectivity index (χ4n) is 1.34. The lowest BCUT2D eigenvalue weighted by atomic mass is 10.0. The summed E-state index contributed by atoms with van der Waals surface area (Å²) in [5.41, 5.74) is 6.41. The molecule has 5 nitrogen and oxygen atoms in total. The van der Waals surface area contributed by atoms with E-state index in [-0.39, 0.29) is 22.9 Å². The SMILES string of the molecule is COC(=O)C[C@H](N)c1cc(Cl)c(O)c(OC)c1.